The van der Waals surface area contributed by atoms with Gasteiger partial charge >= 0.3 is 0 Å². The van der Waals surface area contributed by atoms with E-state index in [1.165, 1.54) is 0 Å². The van der Waals surface area contributed by atoms with Gasteiger partial charge in [-0.15, -0.1) is 0 Å². The van der Waals surface area contributed by atoms with Gasteiger partial charge in [0.15, 0.2) is 0 Å². The van der Waals surface area contributed by atoms with Gasteiger partial charge in [-0.05, 0) is 36.8 Å². The SMILES string of the molecule is CCOCCOc1cc(C(C)(C)C)c(OCCOCC)cc1C(C)(C)C. The molecule has 0 fully saturated rings. The Bertz CT molecular complexity index is 489. The highest BCUT2D eigenvalue weighted by Crippen LogP contribution is 2.41. The number of hydrogen-bond acceptors (Lipinski definition) is 4. The largest absolute Gasteiger partial charge is 0.491 e. The monoisotopic (exact) mass is 366 g/mol. The van der Waals surface area contributed by atoms with Gasteiger partial charge in [-0.3, -0.25) is 0 Å². The van der Waals surface area contributed by atoms with Crippen molar-refractivity contribution in [1.29, 1.82) is 0 Å². The maximum Gasteiger partial charge on any atom is 0.123 e. The van der Waals surface area contributed by atoms with E-state index in [1.54, 1.807) is 0 Å². The second kappa shape index (κ2) is 10.2. The highest BCUT2D eigenvalue weighted by atomic mass is 16.5. The zero-order valence-electron chi connectivity index (χ0n) is 18.0. The van der Waals surface area contributed by atoms with Crippen molar-refractivity contribution in [3.63, 3.8) is 0 Å². The molecular formula is C22H38O4. The summed E-state index contributed by atoms with van der Waals surface area (Å²) in [5, 5.41) is 0. The lowest BCUT2D eigenvalue weighted by Gasteiger charge is -2.29. The lowest BCUT2D eigenvalue weighted by molar-refractivity contribution is 0.107. The first-order chi connectivity index (χ1) is 12.1. The average molecular weight is 367 g/mol. The zero-order chi connectivity index (χ0) is 19.8. The van der Waals surface area contributed by atoms with Gasteiger partial charge in [0.1, 0.15) is 24.7 Å². The van der Waals surface area contributed by atoms with Gasteiger partial charge in [0.2, 0.25) is 0 Å². The van der Waals surface area contributed by atoms with E-state index in [2.05, 4.69) is 53.7 Å². The van der Waals surface area contributed by atoms with Crippen LogP contribution in [-0.2, 0) is 20.3 Å². The van der Waals surface area contributed by atoms with Crippen molar-refractivity contribution in [3.8, 4) is 11.5 Å². The summed E-state index contributed by atoms with van der Waals surface area (Å²) in [4.78, 5) is 0. The predicted octanol–water partition coefficient (Wildman–Crippen LogP) is 5.11. The first kappa shape index (κ1) is 22.8. The Morgan fingerprint density at radius 2 is 0.962 bits per heavy atom. The standard InChI is InChI=1S/C22H38O4/c1-9-23-11-13-25-19-15-18(22(6,7)8)20(26-14-12-24-10-2)16-17(19)21(3,4)5/h15-16H,9-14H2,1-8H3. The Kier molecular flexibility index (Phi) is 8.91. The van der Waals surface area contributed by atoms with E-state index in [9.17, 15) is 0 Å². The summed E-state index contributed by atoms with van der Waals surface area (Å²) in [6, 6.07) is 4.28. The topological polar surface area (TPSA) is 36.9 Å². The maximum absolute atomic E-state index is 6.09. The van der Waals surface area contributed by atoms with Crippen LogP contribution in [0.2, 0.25) is 0 Å². The fourth-order valence-corrected chi connectivity index (χ4v) is 2.68. The maximum atomic E-state index is 6.09. The Balaban J connectivity index is 3.19. The molecule has 26 heavy (non-hydrogen) atoms. The van der Waals surface area contributed by atoms with Gasteiger partial charge in [0, 0.05) is 24.3 Å². The van der Waals surface area contributed by atoms with E-state index in [0.717, 1.165) is 22.6 Å². The molecule has 0 aromatic heterocycles. The van der Waals surface area contributed by atoms with Crippen LogP contribution < -0.4 is 9.47 Å². The number of benzene rings is 1. The molecule has 0 saturated carbocycles. The summed E-state index contributed by atoms with van der Waals surface area (Å²) in [6.45, 7) is 20.8. The predicted molar refractivity (Wildman–Crippen MR) is 108 cm³/mol. The minimum absolute atomic E-state index is 0.0462. The molecule has 0 atom stereocenters. The van der Waals surface area contributed by atoms with Crippen LogP contribution in [0.1, 0.15) is 66.5 Å². The zero-order valence-corrected chi connectivity index (χ0v) is 18.0. The molecule has 1 aromatic rings. The quantitative estimate of drug-likeness (QED) is 0.539. The van der Waals surface area contributed by atoms with Crippen LogP contribution in [0.5, 0.6) is 11.5 Å². The Morgan fingerprint density at radius 1 is 0.615 bits per heavy atom. The van der Waals surface area contributed by atoms with Crippen LogP contribution in [0.3, 0.4) is 0 Å². The smallest absolute Gasteiger partial charge is 0.123 e. The minimum atomic E-state index is -0.0462. The third-order valence-electron chi connectivity index (χ3n) is 4.08. The number of rotatable bonds is 10. The average Bonchev–Trinajstić information content (AvgIpc) is 2.54. The third kappa shape index (κ3) is 7.16. The van der Waals surface area contributed by atoms with Crippen LogP contribution in [0, 0.1) is 0 Å². The van der Waals surface area contributed by atoms with Crippen LogP contribution in [0.4, 0.5) is 0 Å². The van der Waals surface area contributed by atoms with Crippen molar-refractivity contribution in [3.05, 3.63) is 23.3 Å². The van der Waals surface area contributed by atoms with Crippen LogP contribution in [0.15, 0.2) is 12.1 Å². The van der Waals surface area contributed by atoms with Crippen molar-refractivity contribution in [2.45, 2.75) is 66.2 Å². The second-order valence-corrected chi connectivity index (χ2v) is 8.44. The molecule has 1 aromatic carbocycles. The fraction of sp³-hybridized carbons (Fsp3) is 0.727. The van der Waals surface area contributed by atoms with Crippen LogP contribution >= 0.6 is 0 Å². The lowest BCUT2D eigenvalue weighted by Crippen LogP contribution is -2.20. The van der Waals surface area contributed by atoms with Crippen molar-refractivity contribution in [1.82, 2.24) is 0 Å². The molecule has 150 valence electrons. The summed E-state index contributed by atoms with van der Waals surface area (Å²) in [6.07, 6.45) is 0. The molecule has 0 N–H and O–H groups in total. The van der Waals surface area contributed by atoms with E-state index in [0.29, 0.717) is 39.6 Å². The molecule has 4 nitrogen and oxygen atoms in total. The summed E-state index contributed by atoms with van der Waals surface area (Å²) in [5.74, 6) is 1.83. The van der Waals surface area contributed by atoms with E-state index in [1.807, 2.05) is 13.8 Å². The first-order valence-corrected chi connectivity index (χ1v) is 9.71. The molecule has 0 radical (unpaired) electrons. The van der Waals surface area contributed by atoms with Gasteiger partial charge < -0.3 is 18.9 Å². The van der Waals surface area contributed by atoms with E-state index in [-0.39, 0.29) is 10.8 Å². The molecule has 0 aliphatic rings. The van der Waals surface area contributed by atoms with Crippen molar-refractivity contribution in [2.24, 2.45) is 0 Å². The number of hydrogen-bond donors (Lipinski definition) is 0. The molecule has 0 aliphatic carbocycles. The van der Waals surface area contributed by atoms with Gasteiger partial charge in [0.05, 0.1) is 13.2 Å². The van der Waals surface area contributed by atoms with E-state index >= 15 is 0 Å². The Labute approximate surface area is 160 Å². The summed E-state index contributed by atoms with van der Waals surface area (Å²) in [5.41, 5.74) is 2.20. The Morgan fingerprint density at radius 3 is 1.23 bits per heavy atom. The fourth-order valence-electron chi connectivity index (χ4n) is 2.68. The molecule has 0 spiro atoms. The highest BCUT2D eigenvalue weighted by molar-refractivity contribution is 5.51. The minimum Gasteiger partial charge on any atom is -0.491 e. The first-order valence-electron chi connectivity index (χ1n) is 9.71. The molecule has 0 aliphatic heterocycles. The normalized spacial score (nSPS) is 12.3. The second-order valence-electron chi connectivity index (χ2n) is 8.44. The molecule has 0 unspecified atom stereocenters. The van der Waals surface area contributed by atoms with E-state index in [4.69, 9.17) is 18.9 Å². The summed E-state index contributed by atoms with van der Waals surface area (Å²) >= 11 is 0. The number of ether oxygens (including phenoxy) is 4. The molecule has 4 heteroatoms. The lowest BCUT2D eigenvalue weighted by atomic mass is 9.81. The van der Waals surface area contributed by atoms with Gasteiger partial charge in [-0.2, -0.15) is 0 Å². The third-order valence-corrected chi connectivity index (χ3v) is 4.08. The van der Waals surface area contributed by atoms with Gasteiger partial charge in [0.25, 0.3) is 0 Å². The van der Waals surface area contributed by atoms with E-state index < -0.39 is 0 Å². The van der Waals surface area contributed by atoms with Gasteiger partial charge in [-0.25, -0.2) is 0 Å². The molecular weight excluding hydrogens is 328 g/mol. The van der Waals surface area contributed by atoms with Crippen LogP contribution in [0.25, 0.3) is 0 Å². The van der Waals surface area contributed by atoms with Crippen molar-refractivity contribution < 1.29 is 18.9 Å². The Hall–Kier alpha value is -1.26. The molecule has 0 saturated heterocycles. The molecule has 0 amide bonds. The summed E-state index contributed by atoms with van der Waals surface area (Å²) in [7, 11) is 0. The molecule has 1 rings (SSSR count). The van der Waals surface area contributed by atoms with Crippen molar-refractivity contribution in [2.75, 3.05) is 39.6 Å². The van der Waals surface area contributed by atoms with Gasteiger partial charge in [-0.1, -0.05) is 41.5 Å². The van der Waals surface area contributed by atoms with Crippen molar-refractivity contribution >= 4 is 0 Å². The highest BCUT2D eigenvalue weighted by Gasteiger charge is 2.26. The summed E-state index contributed by atoms with van der Waals surface area (Å²) < 4.78 is 23.0. The molecule has 0 heterocycles. The van der Waals surface area contributed by atoms with Crippen LogP contribution in [-0.4, -0.2) is 39.6 Å². The molecule has 0 bridgehead atoms.